The number of aliphatic carboxylic acids is 1. The van der Waals surface area contributed by atoms with Gasteiger partial charge in [0.2, 0.25) is 11.8 Å². The number of carbonyl (C=O) groups excluding carboxylic acids is 2. The number of hydrazine groups is 1. The molecule has 126 valence electrons. The molecule has 6 nitrogen and oxygen atoms in total. The maximum absolute atomic E-state index is 11.7. The Bertz CT molecular complexity index is 517. The van der Waals surface area contributed by atoms with Crippen molar-refractivity contribution in [1.29, 1.82) is 0 Å². The first-order valence-electron chi connectivity index (χ1n) is 7.87. The molecule has 0 aromatic heterocycles. The lowest BCUT2D eigenvalue weighted by molar-refractivity contribution is -0.142. The third-order valence-electron chi connectivity index (χ3n) is 3.52. The highest BCUT2D eigenvalue weighted by atomic mass is 16.4. The van der Waals surface area contributed by atoms with Gasteiger partial charge in [0, 0.05) is 6.42 Å². The zero-order chi connectivity index (χ0) is 17.1. The van der Waals surface area contributed by atoms with Crippen LogP contribution in [0.4, 0.5) is 0 Å². The van der Waals surface area contributed by atoms with E-state index in [1.54, 1.807) is 0 Å². The van der Waals surface area contributed by atoms with Crippen LogP contribution in [0.15, 0.2) is 30.3 Å². The van der Waals surface area contributed by atoms with E-state index < -0.39 is 11.9 Å². The van der Waals surface area contributed by atoms with E-state index in [1.807, 2.05) is 37.3 Å². The number of benzene rings is 1. The number of carboxylic acid groups (broad SMARTS) is 1. The largest absolute Gasteiger partial charge is 0.481 e. The minimum absolute atomic E-state index is 0.0757. The zero-order valence-electron chi connectivity index (χ0n) is 13.4. The molecule has 0 unspecified atom stereocenters. The first kappa shape index (κ1) is 18.7. The topological polar surface area (TPSA) is 95.5 Å². The Balaban J connectivity index is 2.27. The molecule has 0 bridgehead atoms. The number of rotatable bonds is 9. The van der Waals surface area contributed by atoms with E-state index in [1.165, 1.54) is 0 Å². The van der Waals surface area contributed by atoms with Crippen molar-refractivity contribution in [3.63, 3.8) is 0 Å². The van der Waals surface area contributed by atoms with Crippen molar-refractivity contribution in [2.75, 3.05) is 0 Å². The molecule has 0 fully saturated rings. The second-order valence-electron chi connectivity index (χ2n) is 5.47. The van der Waals surface area contributed by atoms with Crippen LogP contribution in [0.5, 0.6) is 0 Å². The van der Waals surface area contributed by atoms with Crippen LogP contribution in [0.3, 0.4) is 0 Å². The molecule has 1 aromatic carbocycles. The molecule has 0 aliphatic rings. The fraction of sp³-hybridized carbons (Fsp3) is 0.471. The van der Waals surface area contributed by atoms with Crippen molar-refractivity contribution in [2.24, 2.45) is 5.92 Å². The highest BCUT2D eigenvalue weighted by Gasteiger charge is 2.18. The first-order valence-corrected chi connectivity index (χ1v) is 7.87. The van der Waals surface area contributed by atoms with Crippen molar-refractivity contribution in [3.05, 3.63) is 35.9 Å². The highest BCUT2D eigenvalue weighted by molar-refractivity contribution is 5.83. The van der Waals surface area contributed by atoms with Crippen LogP contribution in [0.25, 0.3) is 0 Å². The summed E-state index contributed by atoms with van der Waals surface area (Å²) in [5, 5.41) is 9.09. The van der Waals surface area contributed by atoms with Crippen LogP contribution in [0.2, 0.25) is 0 Å². The van der Waals surface area contributed by atoms with Crippen molar-refractivity contribution < 1.29 is 19.5 Å². The predicted octanol–water partition coefficient (Wildman–Crippen LogP) is 2.05. The lowest BCUT2D eigenvalue weighted by atomic mass is 9.97. The third-order valence-corrected chi connectivity index (χ3v) is 3.52. The van der Waals surface area contributed by atoms with Gasteiger partial charge < -0.3 is 5.11 Å². The second-order valence-corrected chi connectivity index (χ2v) is 5.47. The first-order chi connectivity index (χ1) is 11.0. The minimum Gasteiger partial charge on any atom is -0.481 e. The monoisotopic (exact) mass is 320 g/mol. The van der Waals surface area contributed by atoms with Crippen molar-refractivity contribution in [2.45, 2.75) is 45.4 Å². The zero-order valence-corrected chi connectivity index (χ0v) is 13.4. The summed E-state index contributed by atoms with van der Waals surface area (Å²) in [6.45, 7) is 1.99. The van der Waals surface area contributed by atoms with Gasteiger partial charge in [0.1, 0.15) is 0 Å². The summed E-state index contributed by atoms with van der Waals surface area (Å²) in [7, 11) is 0. The molecule has 1 atom stereocenters. The van der Waals surface area contributed by atoms with Gasteiger partial charge in [0.15, 0.2) is 0 Å². The van der Waals surface area contributed by atoms with Crippen LogP contribution in [0.1, 0.15) is 44.6 Å². The van der Waals surface area contributed by atoms with E-state index >= 15 is 0 Å². The maximum atomic E-state index is 11.7. The Morgan fingerprint density at radius 3 is 2.30 bits per heavy atom. The summed E-state index contributed by atoms with van der Waals surface area (Å²) < 4.78 is 0. The molecule has 0 aliphatic carbocycles. The summed E-state index contributed by atoms with van der Waals surface area (Å²) in [6, 6.07) is 9.19. The molecule has 23 heavy (non-hydrogen) atoms. The van der Waals surface area contributed by atoms with Crippen molar-refractivity contribution in [1.82, 2.24) is 10.9 Å². The van der Waals surface area contributed by atoms with Crippen LogP contribution in [-0.2, 0) is 20.8 Å². The molecule has 1 rings (SSSR count). The van der Waals surface area contributed by atoms with Gasteiger partial charge in [-0.3, -0.25) is 25.2 Å². The van der Waals surface area contributed by atoms with Crippen LogP contribution in [0, 0.1) is 5.92 Å². The van der Waals surface area contributed by atoms with Gasteiger partial charge in [-0.1, -0.05) is 50.1 Å². The number of nitrogens with one attached hydrogen (secondary N) is 2. The molecule has 0 saturated heterocycles. The van der Waals surface area contributed by atoms with Gasteiger partial charge in [-0.05, 0) is 18.4 Å². The van der Waals surface area contributed by atoms with Gasteiger partial charge in [0.25, 0.3) is 0 Å². The van der Waals surface area contributed by atoms with Crippen molar-refractivity contribution in [3.8, 4) is 0 Å². The van der Waals surface area contributed by atoms with Crippen LogP contribution < -0.4 is 10.9 Å². The highest BCUT2D eigenvalue weighted by Crippen LogP contribution is 2.15. The molecule has 2 amide bonds. The van der Waals surface area contributed by atoms with Gasteiger partial charge in [-0.2, -0.15) is 0 Å². The van der Waals surface area contributed by atoms with Crippen LogP contribution >= 0.6 is 0 Å². The SMILES string of the molecule is CCCC[C@H](CCC(=O)NNC(=O)Cc1ccccc1)C(=O)O. The van der Waals surface area contributed by atoms with E-state index in [2.05, 4.69) is 10.9 Å². The van der Waals surface area contributed by atoms with Gasteiger partial charge in [0.05, 0.1) is 12.3 Å². The van der Waals surface area contributed by atoms with Gasteiger partial charge >= 0.3 is 5.97 Å². The molecule has 0 aliphatic heterocycles. The van der Waals surface area contributed by atoms with Gasteiger partial charge in [-0.25, -0.2) is 0 Å². The molecular formula is C17H24N2O4. The maximum Gasteiger partial charge on any atom is 0.306 e. The van der Waals surface area contributed by atoms with E-state index in [0.717, 1.165) is 18.4 Å². The van der Waals surface area contributed by atoms with Gasteiger partial charge in [-0.15, -0.1) is 0 Å². The number of hydrogen-bond acceptors (Lipinski definition) is 3. The predicted molar refractivity (Wildman–Crippen MR) is 86.3 cm³/mol. The summed E-state index contributed by atoms with van der Waals surface area (Å²) in [6.07, 6.45) is 2.84. The fourth-order valence-corrected chi connectivity index (χ4v) is 2.17. The lowest BCUT2D eigenvalue weighted by Gasteiger charge is -2.12. The normalized spacial score (nSPS) is 11.5. The minimum atomic E-state index is -0.876. The average Bonchev–Trinajstić information content (AvgIpc) is 2.53. The Morgan fingerprint density at radius 1 is 1.04 bits per heavy atom. The molecule has 6 heteroatoms. The quantitative estimate of drug-likeness (QED) is 0.607. The van der Waals surface area contributed by atoms with Crippen LogP contribution in [-0.4, -0.2) is 22.9 Å². The molecule has 0 saturated carbocycles. The molecule has 0 spiro atoms. The summed E-state index contributed by atoms with van der Waals surface area (Å²) in [5.74, 6) is -2.08. The van der Waals surface area contributed by atoms with E-state index in [9.17, 15) is 14.4 Å². The smallest absolute Gasteiger partial charge is 0.306 e. The standard InChI is InChI=1S/C17H24N2O4/c1-2-3-9-14(17(22)23)10-11-15(20)18-19-16(21)12-13-7-5-4-6-8-13/h4-8,14H,2-3,9-12H2,1H3,(H,18,20)(H,19,21)(H,22,23)/t14-/m1/s1. The molecular weight excluding hydrogens is 296 g/mol. The molecule has 3 N–H and O–H groups in total. The Kier molecular flexibility index (Phi) is 8.42. The van der Waals surface area contributed by atoms with E-state index in [0.29, 0.717) is 6.42 Å². The summed E-state index contributed by atoms with van der Waals surface area (Å²) in [5.41, 5.74) is 5.51. The second kappa shape index (κ2) is 10.4. The Labute approximate surface area is 136 Å². The number of unbranched alkanes of at least 4 members (excludes halogenated alkanes) is 1. The molecule has 0 radical (unpaired) electrons. The molecule has 1 aromatic rings. The van der Waals surface area contributed by atoms with E-state index in [-0.39, 0.29) is 31.1 Å². The third kappa shape index (κ3) is 7.99. The number of hydrogen-bond donors (Lipinski definition) is 3. The lowest BCUT2D eigenvalue weighted by Crippen LogP contribution is -2.42. The fourth-order valence-electron chi connectivity index (χ4n) is 2.17. The summed E-state index contributed by atoms with van der Waals surface area (Å²) >= 11 is 0. The Morgan fingerprint density at radius 2 is 1.70 bits per heavy atom. The average molecular weight is 320 g/mol. The number of carboxylic acids is 1. The number of carbonyl (C=O) groups is 3. The Hall–Kier alpha value is -2.37. The summed E-state index contributed by atoms with van der Waals surface area (Å²) in [4.78, 5) is 34.5. The van der Waals surface area contributed by atoms with Crippen molar-refractivity contribution >= 4 is 17.8 Å². The molecule has 0 heterocycles. The van der Waals surface area contributed by atoms with E-state index in [4.69, 9.17) is 5.11 Å². The number of amides is 2.